The molecular weight excluding hydrogens is 228 g/mol. The van der Waals surface area contributed by atoms with E-state index in [4.69, 9.17) is 10.00 Å². The van der Waals surface area contributed by atoms with Gasteiger partial charge in [-0.1, -0.05) is 18.2 Å². The Bertz CT molecular complexity index is 599. The Morgan fingerprint density at radius 1 is 1.44 bits per heavy atom. The van der Waals surface area contributed by atoms with E-state index >= 15 is 0 Å². The van der Waals surface area contributed by atoms with Gasteiger partial charge >= 0.3 is 0 Å². The molecule has 2 aromatic rings. The second-order valence-electron chi connectivity index (χ2n) is 4.27. The normalized spacial score (nSPS) is 17.6. The zero-order valence-corrected chi connectivity index (χ0v) is 9.78. The Hall–Kier alpha value is -2.35. The van der Waals surface area contributed by atoms with Crippen LogP contribution in [0, 0.1) is 11.3 Å². The SMILES string of the molecule is N#Cc1ncn(CC2CCOc3ccccc32)n1. The molecule has 1 aliphatic rings. The van der Waals surface area contributed by atoms with Gasteiger partial charge in [-0.25, -0.2) is 4.98 Å². The molecule has 2 heterocycles. The molecule has 18 heavy (non-hydrogen) atoms. The minimum atomic E-state index is 0.218. The van der Waals surface area contributed by atoms with Gasteiger partial charge in [0.25, 0.3) is 5.82 Å². The summed E-state index contributed by atoms with van der Waals surface area (Å²) in [6.45, 7) is 1.45. The first-order chi connectivity index (χ1) is 8.86. The number of benzene rings is 1. The Balaban J connectivity index is 1.84. The van der Waals surface area contributed by atoms with E-state index in [1.807, 2.05) is 24.3 Å². The summed E-state index contributed by atoms with van der Waals surface area (Å²) in [6, 6.07) is 10.0. The standard InChI is InChI=1S/C13H12N4O/c14-7-13-15-9-17(16-13)8-10-5-6-18-12-4-2-1-3-11(10)12/h1-4,9-10H,5-6,8H2. The van der Waals surface area contributed by atoms with Gasteiger partial charge < -0.3 is 4.74 Å². The number of fused-ring (bicyclic) bond motifs is 1. The fraction of sp³-hybridized carbons (Fsp3) is 0.308. The van der Waals surface area contributed by atoms with Gasteiger partial charge in [0.15, 0.2) is 0 Å². The number of ether oxygens (including phenoxy) is 1. The maximum Gasteiger partial charge on any atom is 0.252 e. The summed E-state index contributed by atoms with van der Waals surface area (Å²) in [5.74, 6) is 1.54. The van der Waals surface area contributed by atoms with E-state index in [2.05, 4.69) is 16.1 Å². The van der Waals surface area contributed by atoms with Crippen LogP contribution in [0.4, 0.5) is 0 Å². The molecule has 0 aliphatic carbocycles. The van der Waals surface area contributed by atoms with Gasteiger partial charge in [0.05, 0.1) is 6.61 Å². The van der Waals surface area contributed by atoms with E-state index in [-0.39, 0.29) is 5.82 Å². The third kappa shape index (κ3) is 1.93. The predicted octanol–water partition coefficient (Wildman–Crippen LogP) is 1.72. The minimum absolute atomic E-state index is 0.218. The highest BCUT2D eigenvalue weighted by Gasteiger charge is 2.21. The van der Waals surface area contributed by atoms with Crippen LogP contribution in [-0.4, -0.2) is 21.4 Å². The molecule has 5 heteroatoms. The van der Waals surface area contributed by atoms with Crippen molar-refractivity contribution in [1.29, 1.82) is 5.26 Å². The molecule has 0 saturated heterocycles. The third-order valence-corrected chi connectivity index (χ3v) is 3.13. The van der Waals surface area contributed by atoms with Gasteiger partial charge in [-0.15, -0.1) is 5.10 Å². The maximum atomic E-state index is 8.71. The molecule has 5 nitrogen and oxygen atoms in total. The van der Waals surface area contributed by atoms with E-state index < -0.39 is 0 Å². The Labute approximate surface area is 105 Å². The van der Waals surface area contributed by atoms with Crippen LogP contribution in [0.2, 0.25) is 0 Å². The first-order valence-electron chi connectivity index (χ1n) is 5.88. The van der Waals surface area contributed by atoms with Crippen LogP contribution in [-0.2, 0) is 6.54 Å². The molecule has 0 bridgehead atoms. The van der Waals surface area contributed by atoms with Crippen molar-refractivity contribution in [2.75, 3.05) is 6.61 Å². The zero-order chi connectivity index (χ0) is 12.4. The van der Waals surface area contributed by atoms with Crippen LogP contribution in [0.15, 0.2) is 30.6 Å². The van der Waals surface area contributed by atoms with Crippen molar-refractivity contribution in [2.45, 2.75) is 18.9 Å². The lowest BCUT2D eigenvalue weighted by atomic mass is 9.93. The number of hydrogen-bond donors (Lipinski definition) is 0. The number of aromatic nitrogens is 3. The second kappa shape index (κ2) is 4.49. The number of nitriles is 1. The predicted molar refractivity (Wildman–Crippen MR) is 64.0 cm³/mol. The molecule has 1 aromatic heterocycles. The second-order valence-corrected chi connectivity index (χ2v) is 4.27. The molecule has 0 amide bonds. The van der Waals surface area contributed by atoms with Crippen molar-refractivity contribution >= 4 is 0 Å². The molecule has 0 spiro atoms. The molecule has 0 N–H and O–H groups in total. The number of nitrogens with zero attached hydrogens (tertiary/aromatic N) is 4. The molecule has 0 saturated carbocycles. The zero-order valence-electron chi connectivity index (χ0n) is 9.78. The van der Waals surface area contributed by atoms with Gasteiger partial charge in [0.2, 0.25) is 0 Å². The average Bonchev–Trinajstić information content (AvgIpc) is 2.87. The lowest BCUT2D eigenvalue weighted by molar-refractivity contribution is 0.256. The van der Waals surface area contributed by atoms with Crippen molar-refractivity contribution < 1.29 is 4.74 Å². The topological polar surface area (TPSA) is 63.7 Å². The van der Waals surface area contributed by atoms with Crippen LogP contribution in [0.25, 0.3) is 0 Å². The molecule has 1 aliphatic heterocycles. The van der Waals surface area contributed by atoms with Crippen LogP contribution < -0.4 is 4.74 Å². The van der Waals surface area contributed by atoms with Gasteiger partial charge in [0, 0.05) is 12.5 Å². The largest absolute Gasteiger partial charge is 0.493 e. The summed E-state index contributed by atoms with van der Waals surface area (Å²) in [5.41, 5.74) is 1.21. The van der Waals surface area contributed by atoms with Crippen LogP contribution in [0.5, 0.6) is 5.75 Å². The van der Waals surface area contributed by atoms with E-state index in [1.54, 1.807) is 11.0 Å². The highest BCUT2D eigenvalue weighted by Crippen LogP contribution is 2.34. The molecule has 1 aromatic carbocycles. The minimum Gasteiger partial charge on any atom is -0.493 e. The molecule has 0 fully saturated rings. The summed E-state index contributed by atoms with van der Waals surface area (Å²) in [4.78, 5) is 3.92. The van der Waals surface area contributed by atoms with Gasteiger partial charge in [0.1, 0.15) is 18.1 Å². The number of para-hydroxylation sites is 1. The van der Waals surface area contributed by atoms with Crippen molar-refractivity contribution in [3.05, 3.63) is 42.0 Å². The fourth-order valence-corrected chi connectivity index (χ4v) is 2.27. The smallest absolute Gasteiger partial charge is 0.252 e. The average molecular weight is 240 g/mol. The quantitative estimate of drug-likeness (QED) is 0.801. The van der Waals surface area contributed by atoms with E-state index in [0.717, 1.165) is 25.3 Å². The highest BCUT2D eigenvalue weighted by molar-refractivity contribution is 5.37. The Kier molecular flexibility index (Phi) is 2.69. The van der Waals surface area contributed by atoms with E-state index in [1.165, 1.54) is 5.56 Å². The van der Waals surface area contributed by atoms with Crippen molar-refractivity contribution in [3.8, 4) is 11.8 Å². The molecule has 90 valence electrons. The maximum absolute atomic E-state index is 8.71. The summed E-state index contributed by atoms with van der Waals surface area (Å²) in [5, 5.41) is 12.8. The Morgan fingerprint density at radius 2 is 2.33 bits per heavy atom. The molecule has 3 rings (SSSR count). The first kappa shape index (κ1) is 10.8. The van der Waals surface area contributed by atoms with E-state index in [9.17, 15) is 0 Å². The van der Waals surface area contributed by atoms with Gasteiger partial charge in [-0.3, -0.25) is 4.68 Å². The fourth-order valence-electron chi connectivity index (χ4n) is 2.27. The highest BCUT2D eigenvalue weighted by atomic mass is 16.5. The lowest BCUT2D eigenvalue weighted by Gasteiger charge is -2.25. The Morgan fingerprint density at radius 3 is 3.17 bits per heavy atom. The van der Waals surface area contributed by atoms with Crippen molar-refractivity contribution in [2.24, 2.45) is 0 Å². The summed E-state index contributed by atoms with van der Waals surface area (Å²) >= 11 is 0. The molecule has 1 atom stereocenters. The van der Waals surface area contributed by atoms with Crippen molar-refractivity contribution in [3.63, 3.8) is 0 Å². The summed E-state index contributed by atoms with van der Waals surface area (Å²) in [7, 11) is 0. The first-order valence-corrected chi connectivity index (χ1v) is 5.88. The lowest BCUT2D eigenvalue weighted by Crippen LogP contribution is -2.18. The summed E-state index contributed by atoms with van der Waals surface area (Å²) in [6.07, 6.45) is 2.56. The van der Waals surface area contributed by atoms with Gasteiger partial charge in [-0.2, -0.15) is 5.26 Å². The van der Waals surface area contributed by atoms with Crippen molar-refractivity contribution in [1.82, 2.24) is 14.8 Å². The molecular formula is C13H12N4O. The monoisotopic (exact) mass is 240 g/mol. The number of rotatable bonds is 2. The van der Waals surface area contributed by atoms with Crippen LogP contribution >= 0.6 is 0 Å². The van der Waals surface area contributed by atoms with E-state index in [0.29, 0.717) is 5.92 Å². The number of hydrogen-bond acceptors (Lipinski definition) is 4. The van der Waals surface area contributed by atoms with Gasteiger partial charge in [-0.05, 0) is 18.1 Å². The summed E-state index contributed by atoms with van der Waals surface area (Å²) < 4.78 is 7.35. The van der Waals surface area contributed by atoms with Crippen LogP contribution in [0.1, 0.15) is 23.7 Å². The molecule has 0 radical (unpaired) electrons. The molecule has 1 unspecified atom stereocenters. The van der Waals surface area contributed by atoms with Crippen LogP contribution in [0.3, 0.4) is 0 Å². The third-order valence-electron chi connectivity index (χ3n) is 3.13.